The van der Waals surface area contributed by atoms with Crippen molar-refractivity contribution in [2.75, 3.05) is 7.11 Å². The maximum atomic E-state index is 11.0. The first-order valence-corrected chi connectivity index (χ1v) is 5.40. The quantitative estimate of drug-likeness (QED) is 0.783. The lowest BCUT2D eigenvalue weighted by atomic mass is 9.79. The first kappa shape index (κ1) is 14.0. The van der Waals surface area contributed by atoms with E-state index in [1.807, 2.05) is 0 Å². The molecular weight excluding hydrogens is 236 g/mol. The van der Waals surface area contributed by atoms with Crippen LogP contribution in [0.5, 0.6) is 11.5 Å². The van der Waals surface area contributed by atoms with Gasteiger partial charge in [0, 0.05) is 11.0 Å². The van der Waals surface area contributed by atoms with Crippen LogP contribution in [0.25, 0.3) is 0 Å². The summed E-state index contributed by atoms with van der Waals surface area (Å²) in [5, 5.41) is 18.5. The molecule has 5 heteroatoms. The van der Waals surface area contributed by atoms with Gasteiger partial charge in [0.2, 0.25) is 0 Å². The van der Waals surface area contributed by atoms with Crippen LogP contribution in [0.15, 0.2) is 12.1 Å². The molecule has 0 saturated heterocycles. The van der Waals surface area contributed by atoms with E-state index >= 15 is 0 Å². The van der Waals surface area contributed by atoms with Crippen molar-refractivity contribution in [1.29, 1.82) is 0 Å². The number of methoxy groups -OCH3 is 1. The van der Waals surface area contributed by atoms with Gasteiger partial charge in [-0.1, -0.05) is 13.8 Å². The summed E-state index contributed by atoms with van der Waals surface area (Å²) >= 11 is 0. The van der Waals surface area contributed by atoms with Crippen LogP contribution in [0.3, 0.4) is 0 Å². The van der Waals surface area contributed by atoms with Gasteiger partial charge < -0.3 is 14.9 Å². The Morgan fingerprint density at radius 2 is 2.06 bits per heavy atom. The first-order valence-electron chi connectivity index (χ1n) is 5.40. The number of hydrogen-bond acceptors (Lipinski definition) is 4. The van der Waals surface area contributed by atoms with Gasteiger partial charge in [-0.05, 0) is 17.7 Å². The largest absolute Gasteiger partial charge is 0.504 e. The Labute approximate surface area is 105 Å². The zero-order valence-corrected chi connectivity index (χ0v) is 10.6. The average molecular weight is 252 g/mol. The first-order chi connectivity index (χ1) is 8.31. The standard InChI is InChI=1S/C13H16O5/c1-13(2,6-12(16)17)9-5-11(18-3)10(15)4-8(9)7-14/h4-5,7,15H,6H2,1-3H3,(H,16,17). The Kier molecular flexibility index (Phi) is 3.96. The third-order valence-corrected chi connectivity index (χ3v) is 2.80. The number of phenolic OH excluding ortho intramolecular Hbond substituents is 1. The van der Waals surface area contributed by atoms with Gasteiger partial charge in [-0.25, -0.2) is 0 Å². The van der Waals surface area contributed by atoms with Crippen molar-refractivity contribution in [2.24, 2.45) is 0 Å². The number of carboxylic acid groups (broad SMARTS) is 1. The van der Waals surface area contributed by atoms with Crippen LogP contribution in [0.4, 0.5) is 0 Å². The summed E-state index contributed by atoms with van der Waals surface area (Å²) < 4.78 is 4.97. The highest BCUT2D eigenvalue weighted by Gasteiger charge is 2.28. The van der Waals surface area contributed by atoms with Crippen molar-refractivity contribution in [1.82, 2.24) is 0 Å². The molecule has 0 aliphatic heterocycles. The minimum atomic E-state index is -0.955. The molecule has 0 aliphatic rings. The Morgan fingerprint density at radius 1 is 1.44 bits per heavy atom. The molecule has 0 heterocycles. The van der Waals surface area contributed by atoms with E-state index in [2.05, 4.69) is 0 Å². The van der Waals surface area contributed by atoms with Crippen molar-refractivity contribution in [3.05, 3.63) is 23.3 Å². The monoisotopic (exact) mass is 252 g/mol. The maximum Gasteiger partial charge on any atom is 0.304 e. The van der Waals surface area contributed by atoms with Gasteiger partial charge in [0.15, 0.2) is 11.5 Å². The second-order valence-corrected chi connectivity index (χ2v) is 4.68. The van der Waals surface area contributed by atoms with E-state index in [1.54, 1.807) is 13.8 Å². The summed E-state index contributed by atoms with van der Waals surface area (Å²) in [6.45, 7) is 3.44. The second-order valence-electron chi connectivity index (χ2n) is 4.68. The smallest absolute Gasteiger partial charge is 0.304 e. The molecule has 18 heavy (non-hydrogen) atoms. The van der Waals surface area contributed by atoms with Gasteiger partial charge in [0.05, 0.1) is 13.5 Å². The van der Waals surface area contributed by atoms with E-state index in [-0.39, 0.29) is 23.5 Å². The molecule has 98 valence electrons. The van der Waals surface area contributed by atoms with Crippen molar-refractivity contribution >= 4 is 12.3 Å². The van der Waals surface area contributed by atoms with Crippen molar-refractivity contribution in [3.8, 4) is 11.5 Å². The lowest BCUT2D eigenvalue weighted by Gasteiger charge is -2.25. The molecule has 0 atom stereocenters. The van der Waals surface area contributed by atoms with E-state index in [0.29, 0.717) is 11.8 Å². The van der Waals surface area contributed by atoms with Crippen LogP contribution < -0.4 is 4.74 Å². The lowest BCUT2D eigenvalue weighted by Crippen LogP contribution is -2.23. The molecular formula is C13H16O5. The van der Waals surface area contributed by atoms with E-state index < -0.39 is 11.4 Å². The minimum absolute atomic E-state index is 0.123. The van der Waals surface area contributed by atoms with Crippen molar-refractivity contribution < 1.29 is 24.5 Å². The molecule has 0 radical (unpaired) electrons. The predicted octanol–water partition coefficient (Wildman–Crippen LogP) is 1.97. The van der Waals surface area contributed by atoms with Gasteiger partial charge in [0.25, 0.3) is 0 Å². The molecule has 2 N–H and O–H groups in total. The molecule has 5 nitrogen and oxygen atoms in total. The second kappa shape index (κ2) is 5.08. The molecule has 0 unspecified atom stereocenters. The number of aldehydes is 1. The van der Waals surface area contributed by atoms with E-state index in [0.717, 1.165) is 0 Å². The lowest BCUT2D eigenvalue weighted by molar-refractivity contribution is -0.138. The zero-order chi connectivity index (χ0) is 13.9. The summed E-state index contributed by atoms with van der Waals surface area (Å²) in [5.74, 6) is -0.882. The van der Waals surface area contributed by atoms with Crippen LogP contribution in [0, 0.1) is 0 Å². The third kappa shape index (κ3) is 2.80. The van der Waals surface area contributed by atoms with Crippen molar-refractivity contribution in [2.45, 2.75) is 25.7 Å². The van der Waals surface area contributed by atoms with E-state index in [4.69, 9.17) is 9.84 Å². The summed E-state index contributed by atoms with van der Waals surface area (Å²) in [6.07, 6.45) is 0.472. The highest BCUT2D eigenvalue weighted by atomic mass is 16.5. The average Bonchev–Trinajstić information content (AvgIpc) is 2.26. The molecule has 0 bridgehead atoms. The summed E-state index contributed by atoms with van der Waals surface area (Å²) in [4.78, 5) is 21.9. The summed E-state index contributed by atoms with van der Waals surface area (Å²) in [7, 11) is 1.39. The van der Waals surface area contributed by atoms with Gasteiger partial charge in [-0.2, -0.15) is 0 Å². The fraction of sp³-hybridized carbons (Fsp3) is 0.385. The number of aromatic hydroxyl groups is 1. The molecule has 0 spiro atoms. The van der Waals surface area contributed by atoms with Gasteiger partial charge in [0.1, 0.15) is 6.29 Å². The van der Waals surface area contributed by atoms with Crippen LogP contribution in [-0.2, 0) is 10.2 Å². The number of aliphatic carboxylic acids is 1. The number of phenols is 1. The number of carbonyl (C=O) groups is 2. The molecule has 0 aromatic heterocycles. The molecule has 0 amide bonds. The number of ether oxygens (including phenoxy) is 1. The summed E-state index contributed by atoms with van der Waals surface area (Å²) in [6, 6.07) is 2.78. The Hall–Kier alpha value is -2.04. The number of benzene rings is 1. The molecule has 0 fully saturated rings. The molecule has 1 aromatic rings. The number of carboxylic acids is 1. The van der Waals surface area contributed by atoms with Crippen LogP contribution in [-0.4, -0.2) is 29.6 Å². The number of hydrogen-bond donors (Lipinski definition) is 2. The topological polar surface area (TPSA) is 83.8 Å². The highest BCUT2D eigenvalue weighted by molar-refractivity contribution is 5.81. The Morgan fingerprint density at radius 3 is 2.50 bits per heavy atom. The summed E-state index contributed by atoms with van der Waals surface area (Å²) in [5.41, 5.74) is 0.0670. The number of carbonyl (C=O) groups excluding carboxylic acids is 1. The SMILES string of the molecule is COc1cc(C(C)(C)CC(=O)O)c(C=O)cc1O. The highest BCUT2D eigenvalue weighted by Crippen LogP contribution is 2.36. The van der Waals surface area contributed by atoms with Gasteiger partial charge >= 0.3 is 5.97 Å². The fourth-order valence-corrected chi connectivity index (χ4v) is 1.90. The minimum Gasteiger partial charge on any atom is -0.504 e. The molecule has 0 aliphatic carbocycles. The van der Waals surface area contributed by atoms with E-state index in [9.17, 15) is 14.7 Å². The Bertz CT molecular complexity index is 477. The molecule has 1 aromatic carbocycles. The fourth-order valence-electron chi connectivity index (χ4n) is 1.90. The van der Waals surface area contributed by atoms with Crippen LogP contribution in [0.1, 0.15) is 36.2 Å². The zero-order valence-electron chi connectivity index (χ0n) is 10.6. The normalized spacial score (nSPS) is 11.1. The van der Waals surface area contributed by atoms with Gasteiger partial charge in [-0.15, -0.1) is 0 Å². The Balaban J connectivity index is 3.37. The maximum absolute atomic E-state index is 11.0. The predicted molar refractivity (Wildman–Crippen MR) is 65.3 cm³/mol. The molecule has 0 saturated carbocycles. The van der Waals surface area contributed by atoms with Crippen LogP contribution in [0.2, 0.25) is 0 Å². The van der Waals surface area contributed by atoms with Crippen LogP contribution >= 0.6 is 0 Å². The van der Waals surface area contributed by atoms with E-state index in [1.165, 1.54) is 19.2 Å². The van der Waals surface area contributed by atoms with Gasteiger partial charge in [-0.3, -0.25) is 9.59 Å². The van der Waals surface area contributed by atoms with Crippen molar-refractivity contribution in [3.63, 3.8) is 0 Å². The third-order valence-electron chi connectivity index (χ3n) is 2.80. The number of rotatable bonds is 5. The molecule has 1 rings (SSSR count).